The second-order valence-corrected chi connectivity index (χ2v) is 5.31. The van der Waals surface area contributed by atoms with Crippen molar-refractivity contribution in [2.75, 3.05) is 17.1 Å². The molecule has 0 bridgehead atoms. The van der Waals surface area contributed by atoms with Gasteiger partial charge in [0.05, 0.1) is 28.0 Å². The zero-order valence-electron chi connectivity index (χ0n) is 8.46. The van der Waals surface area contributed by atoms with E-state index in [1.165, 1.54) is 6.07 Å². The van der Waals surface area contributed by atoms with Crippen LogP contribution in [0.25, 0.3) is 0 Å². The molecule has 0 amide bonds. The van der Waals surface area contributed by atoms with Crippen LogP contribution in [0, 0.1) is 10.1 Å². The first-order valence-electron chi connectivity index (χ1n) is 4.41. The van der Waals surface area contributed by atoms with Gasteiger partial charge in [0, 0.05) is 12.1 Å². The summed E-state index contributed by atoms with van der Waals surface area (Å²) in [5, 5.41) is 19.1. The summed E-state index contributed by atoms with van der Waals surface area (Å²) < 4.78 is 24.7. The average molecular weight is 281 g/mol. The number of anilines is 1. The molecule has 0 aliphatic heterocycles. The molecule has 0 unspecified atom stereocenters. The summed E-state index contributed by atoms with van der Waals surface area (Å²) in [6, 6.07) is 3.39. The summed E-state index contributed by atoms with van der Waals surface area (Å²) in [5.74, 6) is -0.508. The van der Waals surface area contributed by atoms with Gasteiger partial charge in [0.15, 0.2) is 0 Å². The van der Waals surface area contributed by atoms with E-state index in [2.05, 4.69) is 4.72 Å². The molecule has 2 N–H and O–H groups in total. The lowest BCUT2D eigenvalue weighted by atomic mass is 10.3. The fourth-order valence-electron chi connectivity index (χ4n) is 1.04. The van der Waals surface area contributed by atoms with E-state index in [0.29, 0.717) is 0 Å². The number of nitro groups is 1. The third-order valence-corrected chi connectivity index (χ3v) is 3.37. The van der Waals surface area contributed by atoms with E-state index in [1.807, 2.05) is 0 Å². The van der Waals surface area contributed by atoms with Crippen molar-refractivity contribution < 1.29 is 18.4 Å². The molecule has 0 fully saturated rings. The summed E-state index contributed by atoms with van der Waals surface area (Å²) in [5.41, 5.74) is -0.370. The summed E-state index contributed by atoms with van der Waals surface area (Å²) in [6.45, 7) is -0.554. The standard InChI is InChI=1S/C8H9ClN2O5S/c9-7-2-1-6(11(13)14)5-8(7)10-17(15,16)4-3-12/h1-2,5,10,12H,3-4H2. The van der Waals surface area contributed by atoms with Gasteiger partial charge in [-0.3, -0.25) is 14.8 Å². The van der Waals surface area contributed by atoms with Crippen molar-refractivity contribution in [3.63, 3.8) is 0 Å². The lowest BCUT2D eigenvalue weighted by Gasteiger charge is -2.08. The number of benzene rings is 1. The molecule has 0 aromatic heterocycles. The summed E-state index contributed by atoms with van der Waals surface area (Å²) in [7, 11) is -3.76. The maximum absolute atomic E-state index is 11.3. The van der Waals surface area contributed by atoms with Crippen molar-refractivity contribution in [3.05, 3.63) is 33.3 Å². The molecule has 0 saturated heterocycles. The van der Waals surface area contributed by atoms with E-state index >= 15 is 0 Å². The van der Waals surface area contributed by atoms with E-state index in [1.54, 1.807) is 0 Å². The van der Waals surface area contributed by atoms with Gasteiger partial charge in [-0.2, -0.15) is 0 Å². The van der Waals surface area contributed by atoms with Crippen LogP contribution in [0.15, 0.2) is 18.2 Å². The number of nitro benzene ring substituents is 1. The fourth-order valence-corrected chi connectivity index (χ4v) is 2.11. The second-order valence-electron chi connectivity index (χ2n) is 3.07. The van der Waals surface area contributed by atoms with Gasteiger partial charge in [-0.15, -0.1) is 0 Å². The monoisotopic (exact) mass is 280 g/mol. The Morgan fingerprint density at radius 3 is 2.65 bits per heavy atom. The van der Waals surface area contributed by atoms with Crippen molar-refractivity contribution in [1.82, 2.24) is 0 Å². The predicted octanol–water partition coefficient (Wildman–Crippen LogP) is 0.982. The minimum Gasteiger partial charge on any atom is -0.395 e. The van der Waals surface area contributed by atoms with Crippen molar-refractivity contribution in [2.45, 2.75) is 0 Å². The second kappa shape index (κ2) is 5.30. The third kappa shape index (κ3) is 3.84. The molecule has 1 aromatic carbocycles. The van der Waals surface area contributed by atoms with E-state index in [4.69, 9.17) is 16.7 Å². The van der Waals surface area contributed by atoms with E-state index in [9.17, 15) is 18.5 Å². The van der Waals surface area contributed by atoms with Crippen molar-refractivity contribution in [2.24, 2.45) is 0 Å². The lowest BCUT2D eigenvalue weighted by Crippen LogP contribution is -2.19. The Hall–Kier alpha value is -1.38. The Labute approximate surface area is 102 Å². The molecule has 0 saturated carbocycles. The van der Waals surface area contributed by atoms with Crippen molar-refractivity contribution in [1.29, 1.82) is 0 Å². The molecule has 9 heteroatoms. The maximum atomic E-state index is 11.3. The zero-order chi connectivity index (χ0) is 13.1. The van der Waals surface area contributed by atoms with Crippen LogP contribution in [-0.2, 0) is 10.0 Å². The Morgan fingerprint density at radius 2 is 2.12 bits per heavy atom. The summed E-state index contributed by atoms with van der Waals surface area (Å²) >= 11 is 5.70. The Kier molecular flexibility index (Phi) is 4.27. The van der Waals surface area contributed by atoms with Gasteiger partial charge in [-0.05, 0) is 6.07 Å². The van der Waals surface area contributed by atoms with Crippen molar-refractivity contribution >= 4 is 33.0 Å². The third-order valence-electron chi connectivity index (χ3n) is 1.79. The highest BCUT2D eigenvalue weighted by Crippen LogP contribution is 2.27. The number of aliphatic hydroxyl groups excluding tert-OH is 1. The molecule has 7 nitrogen and oxygen atoms in total. The number of nitrogens with zero attached hydrogens (tertiary/aromatic N) is 1. The molecule has 0 heterocycles. The van der Waals surface area contributed by atoms with E-state index in [-0.39, 0.29) is 16.4 Å². The number of hydrogen-bond donors (Lipinski definition) is 2. The molecule has 0 atom stereocenters. The lowest BCUT2D eigenvalue weighted by molar-refractivity contribution is -0.384. The van der Waals surface area contributed by atoms with Gasteiger partial charge in [0.2, 0.25) is 10.0 Å². The van der Waals surface area contributed by atoms with Crippen LogP contribution >= 0.6 is 11.6 Å². The maximum Gasteiger partial charge on any atom is 0.271 e. The van der Waals surface area contributed by atoms with Crippen LogP contribution in [0.2, 0.25) is 5.02 Å². The van der Waals surface area contributed by atoms with Gasteiger partial charge < -0.3 is 5.11 Å². The van der Waals surface area contributed by atoms with Gasteiger partial charge in [-0.1, -0.05) is 11.6 Å². The zero-order valence-corrected chi connectivity index (χ0v) is 10.0. The smallest absolute Gasteiger partial charge is 0.271 e. The number of non-ortho nitro benzene ring substituents is 1. The minimum absolute atomic E-state index is 0.0390. The molecule has 1 aromatic rings. The van der Waals surface area contributed by atoms with Crippen LogP contribution in [0.3, 0.4) is 0 Å². The molecule has 17 heavy (non-hydrogen) atoms. The highest BCUT2D eigenvalue weighted by molar-refractivity contribution is 7.92. The molecule has 0 spiro atoms. The highest BCUT2D eigenvalue weighted by Gasteiger charge is 2.15. The Bertz CT molecular complexity index is 531. The molecule has 0 aliphatic rings. The largest absolute Gasteiger partial charge is 0.395 e. The van der Waals surface area contributed by atoms with Crippen LogP contribution < -0.4 is 4.72 Å². The normalized spacial score (nSPS) is 11.2. The number of rotatable bonds is 5. The molecule has 1 rings (SSSR count). The van der Waals surface area contributed by atoms with Crippen molar-refractivity contribution in [3.8, 4) is 0 Å². The molecular formula is C8H9ClN2O5S. The number of aliphatic hydroxyl groups is 1. The number of nitrogens with one attached hydrogen (secondary N) is 1. The number of hydrogen-bond acceptors (Lipinski definition) is 5. The van der Waals surface area contributed by atoms with Crippen LogP contribution in [0.4, 0.5) is 11.4 Å². The SMILES string of the molecule is O=[N+]([O-])c1ccc(Cl)c(NS(=O)(=O)CCO)c1. The Morgan fingerprint density at radius 1 is 1.47 bits per heavy atom. The Balaban J connectivity index is 3.06. The minimum atomic E-state index is -3.76. The summed E-state index contributed by atoms with van der Waals surface area (Å²) in [4.78, 5) is 9.83. The molecule has 0 radical (unpaired) electrons. The van der Waals surface area contributed by atoms with Crippen LogP contribution in [0.1, 0.15) is 0 Å². The molecule has 94 valence electrons. The van der Waals surface area contributed by atoms with Crippen LogP contribution in [0.5, 0.6) is 0 Å². The van der Waals surface area contributed by atoms with Gasteiger partial charge in [0.25, 0.3) is 5.69 Å². The summed E-state index contributed by atoms with van der Waals surface area (Å²) in [6.07, 6.45) is 0. The molecule has 0 aliphatic carbocycles. The number of sulfonamides is 1. The first-order chi connectivity index (χ1) is 7.85. The van der Waals surface area contributed by atoms with Crippen LogP contribution in [-0.4, -0.2) is 30.8 Å². The highest BCUT2D eigenvalue weighted by atomic mass is 35.5. The first-order valence-corrected chi connectivity index (χ1v) is 6.44. The van der Waals surface area contributed by atoms with Gasteiger partial charge >= 0.3 is 0 Å². The average Bonchev–Trinajstić information content (AvgIpc) is 2.20. The van der Waals surface area contributed by atoms with Gasteiger partial charge in [-0.25, -0.2) is 8.42 Å². The molecular weight excluding hydrogens is 272 g/mol. The fraction of sp³-hybridized carbons (Fsp3) is 0.250. The predicted molar refractivity (Wildman–Crippen MR) is 62.6 cm³/mol. The van der Waals surface area contributed by atoms with E-state index in [0.717, 1.165) is 12.1 Å². The number of halogens is 1. The quantitative estimate of drug-likeness (QED) is 0.617. The topological polar surface area (TPSA) is 110 Å². The first kappa shape index (κ1) is 13.7. The van der Waals surface area contributed by atoms with E-state index < -0.39 is 27.3 Å². The van der Waals surface area contributed by atoms with Gasteiger partial charge in [0.1, 0.15) is 0 Å².